The molecular formula is C18H17N3O2S. The van der Waals surface area contributed by atoms with Crippen LogP contribution in [0.15, 0.2) is 52.6 Å². The van der Waals surface area contributed by atoms with E-state index in [1.54, 1.807) is 13.0 Å². The molecule has 3 rings (SSSR count). The SMILES string of the molecule is Cc1cc(C(=O)N[C@@H](C)c2nc(-c3ccccc3)cs2)[nH]c(=O)c1. The van der Waals surface area contributed by atoms with E-state index in [-0.39, 0.29) is 23.2 Å². The Hall–Kier alpha value is -2.73. The Labute approximate surface area is 143 Å². The Balaban J connectivity index is 1.75. The first kappa shape index (κ1) is 16.1. The van der Waals surface area contributed by atoms with Crippen LogP contribution in [0.1, 0.15) is 34.0 Å². The Morgan fingerprint density at radius 1 is 1.25 bits per heavy atom. The van der Waals surface area contributed by atoms with Crippen molar-refractivity contribution in [1.82, 2.24) is 15.3 Å². The molecule has 3 aromatic rings. The molecule has 24 heavy (non-hydrogen) atoms. The van der Waals surface area contributed by atoms with Crippen LogP contribution < -0.4 is 10.9 Å². The number of hydrogen-bond acceptors (Lipinski definition) is 4. The molecule has 2 heterocycles. The van der Waals surface area contributed by atoms with Crippen LogP contribution in [0.3, 0.4) is 0 Å². The normalized spacial score (nSPS) is 11.9. The number of H-pyrrole nitrogens is 1. The van der Waals surface area contributed by atoms with Gasteiger partial charge in [-0.25, -0.2) is 4.98 Å². The third kappa shape index (κ3) is 3.60. The average Bonchev–Trinajstić information content (AvgIpc) is 3.05. The number of aryl methyl sites for hydroxylation is 1. The van der Waals surface area contributed by atoms with Crippen molar-refractivity contribution in [3.05, 3.63) is 74.5 Å². The van der Waals surface area contributed by atoms with Crippen LogP contribution >= 0.6 is 11.3 Å². The zero-order valence-corrected chi connectivity index (χ0v) is 14.2. The van der Waals surface area contributed by atoms with Crippen molar-refractivity contribution >= 4 is 17.2 Å². The fraction of sp³-hybridized carbons (Fsp3) is 0.167. The summed E-state index contributed by atoms with van der Waals surface area (Å²) in [6.07, 6.45) is 0. The van der Waals surface area contributed by atoms with Crippen LogP contribution in [-0.4, -0.2) is 15.9 Å². The second-order valence-electron chi connectivity index (χ2n) is 5.57. The van der Waals surface area contributed by atoms with Crippen LogP contribution in [0.25, 0.3) is 11.3 Å². The number of benzene rings is 1. The Morgan fingerprint density at radius 2 is 2.00 bits per heavy atom. The van der Waals surface area contributed by atoms with Crippen molar-refractivity contribution in [2.45, 2.75) is 19.9 Å². The molecule has 0 spiro atoms. The number of nitrogens with one attached hydrogen (secondary N) is 2. The van der Waals surface area contributed by atoms with Gasteiger partial charge in [-0.15, -0.1) is 11.3 Å². The lowest BCUT2D eigenvalue weighted by Gasteiger charge is -2.11. The summed E-state index contributed by atoms with van der Waals surface area (Å²) in [5.41, 5.74) is 2.65. The molecule has 2 N–H and O–H groups in total. The number of aromatic amines is 1. The second kappa shape index (κ2) is 6.80. The second-order valence-corrected chi connectivity index (χ2v) is 6.46. The minimum Gasteiger partial charge on any atom is -0.342 e. The van der Waals surface area contributed by atoms with Gasteiger partial charge >= 0.3 is 0 Å². The summed E-state index contributed by atoms with van der Waals surface area (Å²) in [4.78, 5) is 30.9. The van der Waals surface area contributed by atoms with Crippen LogP contribution in [0, 0.1) is 6.92 Å². The summed E-state index contributed by atoms with van der Waals surface area (Å²) in [7, 11) is 0. The van der Waals surface area contributed by atoms with Gasteiger partial charge in [0.25, 0.3) is 5.91 Å². The monoisotopic (exact) mass is 339 g/mol. The van der Waals surface area contributed by atoms with E-state index in [2.05, 4.69) is 15.3 Å². The molecule has 6 heteroatoms. The zero-order valence-electron chi connectivity index (χ0n) is 13.4. The molecule has 1 atom stereocenters. The van der Waals surface area contributed by atoms with E-state index >= 15 is 0 Å². The van der Waals surface area contributed by atoms with Gasteiger partial charge in [0.1, 0.15) is 10.7 Å². The summed E-state index contributed by atoms with van der Waals surface area (Å²) in [5, 5.41) is 5.66. The number of amides is 1. The largest absolute Gasteiger partial charge is 0.342 e. The molecule has 0 fully saturated rings. The number of rotatable bonds is 4. The third-order valence-corrected chi connectivity index (χ3v) is 4.57. The molecule has 2 aromatic heterocycles. The molecule has 0 saturated carbocycles. The van der Waals surface area contributed by atoms with Crippen LogP contribution in [0.4, 0.5) is 0 Å². The maximum absolute atomic E-state index is 12.3. The summed E-state index contributed by atoms with van der Waals surface area (Å²) >= 11 is 1.50. The molecule has 0 aliphatic heterocycles. The molecule has 5 nitrogen and oxygen atoms in total. The molecule has 0 saturated heterocycles. The lowest BCUT2D eigenvalue weighted by atomic mass is 10.2. The molecule has 0 bridgehead atoms. The lowest BCUT2D eigenvalue weighted by Crippen LogP contribution is -2.29. The first-order valence-electron chi connectivity index (χ1n) is 7.55. The molecule has 1 amide bonds. The first-order valence-corrected chi connectivity index (χ1v) is 8.43. The molecule has 1 aromatic carbocycles. The van der Waals surface area contributed by atoms with Gasteiger partial charge in [0.15, 0.2) is 0 Å². The van der Waals surface area contributed by atoms with Gasteiger partial charge in [-0.05, 0) is 25.5 Å². The van der Waals surface area contributed by atoms with Gasteiger partial charge in [-0.2, -0.15) is 0 Å². The molecule has 0 aliphatic carbocycles. The van der Waals surface area contributed by atoms with E-state index in [0.717, 1.165) is 21.8 Å². The average molecular weight is 339 g/mol. The highest BCUT2D eigenvalue weighted by Crippen LogP contribution is 2.25. The summed E-state index contributed by atoms with van der Waals surface area (Å²) in [6.45, 7) is 3.65. The number of aromatic nitrogens is 2. The number of thiazole rings is 1. The van der Waals surface area contributed by atoms with Gasteiger partial charge in [0.05, 0.1) is 11.7 Å². The number of carbonyl (C=O) groups is 1. The quantitative estimate of drug-likeness (QED) is 0.766. The van der Waals surface area contributed by atoms with Gasteiger partial charge in [0, 0.05) is 17.0 Å². The number of hydrogen-bond donors (Lipinski definition) is 2. The van der Waals surface area contributed by atoms with E-state index in [4.69, 9.17) is 0 Å². The number of pyridine rings is 1. The maximum atomic E-state index is 12.3. The fourth-order valence-corrected chi connectivity index (χ4v) is 3.20. The van der Waals surface area contributed by atoms with Crippen molar-refractivity contribution < 1.29 is 4.79 Å². The molecule has 122 valence electrons. The fourth-order valence-electron chi connectivity index (χ4n) is 2.37. The standard InChI is InChI=1S/C18H17N3O2S/c1-11-8-14(20-16(22)9-11)17(23)19-12(2)18-21-15(10-24-18)13-6-4-3-5-7-13/h3-10,12H,1-2H3,(H,19,23)(H,20,22)/t12-/m0/s1. The lowest BCUT2D eigenvalue weighted by molar-refractivity contribution is 0.0934. The minimum absolute atomic E-state index is 0.246. The van der Waals surface area contributed by atoms with E-state index in [1.165, 1.54) is 17.4 Å². The molecule has 0 aliphatic rings. The number of nitrogens with zero attached hydrogens (tertiary/aromatic N) is 1. The predicted octanol–water partition coefficient (Wildman–Crippen LogP) is 3.30. The molecule has 0 unspecified atom stereocenters. The van der Waals surface area contributed by atoms with Crippen molar-refractivity contribution in [2.75, 3.05) is 0 Å². The smallest absolute Gasteiger partial charge is 0.268 e. The number of carbonyl (C=O) groups excluding carboxylic acids is 1. The summed E-state index contributed by atoms with van der Waals surface area (Å²) in [6, 6.07) is 12.8. The van der Waals surface area contributed by atoms with Crippen molar-refractivity contribution in [3.8, 4) is 11.3 Å². The van der Waals surface area contributed by atoms with Crippen molar-refractivity contribution in [3.63, 3.8) is 0 Å². The van der Waals surface area contributed by atoms with Gasteiger partial charge in [-0.1, -0.05) is 30.3 Å². The van der Waals surface area contributed by atoms with E-state index < -0.39 is 0 Å². The minimum atomic E-state index is -0.320. The topological polar surface area (TPSA) is 74.8 Å². The third-order valence-electron chi connectivity index (χ3n) is 3.54. The molecular weight excluding hydrogens is 322 g/mol. The van der Waals surface area contributed by atoms with Crippen molar-refractivity contribution in [1.29, 1.82) is 0 Å². The Morgan fingerprint density at radius 3 is 2.71 bits per heavy atom. The maximum Gasteiger partial charge on any atom is 0.268 e. The first-order chi connectivity index (χ1) is 11.5. The van der Waals surface area contributed by atoms with Crippen LogP contribution in [0.2, 0.25) is 0 Å². The highest BCUT2D eigenvalue weighted by molar-refractivity contribution is 7.10. The highest BCUT2D eigenvalue weighted by atomic mass is 32.1. The summed E-state index contributed by atoms with van der Waals surface area (Å²) < 4.78 is 0. The van der Waals surface area contributed by atoms with E-state index in [0.29, 0.717) is 0 Å². The Bertz CT molecular complexity index is 915. The Kier molecular flexibility index (Phi) is 4.57. The molecule has 0 radical (unpaired) electrons. The van der Waals surface area contributed by atoms with Crippen LogP contribution in [0.5, 0.6) is 0 Å². The summed E-state index contributed by atoms with van der Waals surface area (Å²) in [5.74, 6) is -0.320. The van der Waals surface area contributed by atoms with E-state index in [9.17, 15) is 9.59 Å². The van der Waals surface area contributed by atoms with Crippen LogP contribution in [-0.2, 0) is 0 Å². The van der Waals surface area contributed by atoms with Gasteiger partial charge in [0.2, 0.25) is 5.56 Å². The highest BCUT2D eigenvalue weighted by Gasteiger charge is 2.16. The van der Waals surface area contributed by atoms with Crippen molar-refractivity contribution in [2.24, 2.45) is 0 Å². The van der Waals surface area contributed by atoms with E-state index in [1.807, 2.05) is 42.6 Å². The predicted molar refractivity (Wildman–Crippen MR) is 95.2 cm³/mol. The van der Waals surface area contributed by atoms with Gasteiger partial charge < -0.3 is 10.3 Å². The van der Waals surface area contributed by atoms with Gasteiger partial charge in [-0.3, -0.25) is 9.59 Å². The zero-order chi connectivity index (χ0) is 17.1.